The fraction of sp³-hybridized carbons (Fsp3) is 0.500. The molecule has 8 nitrogen and oxygen atoms in total. The van der Waals surface area contributed by atoms with Crippen LogP contribution in [0.1, 0.15) is 53.1 Å². The van der Waals surface area contributed by atoms with Gasteiger partial charge < -0.3 is 10.1 Å². The van der Waals surface area contributed by atoms with Gasteiger partial charge in [-0.2, -0.15) is 9.57 Å². The minimum atomic E-state index is -3.68. The van der Waals surface area contributed by atoms with E-state index in [0.717, 1.165) is 42.8 Å². The zero-order valence-electron chi connectivity index (χ0n) is 19.7. The second-order valence-corrected chi connectivity index (χ2v) is 12.2. The molecular formula is C24H30N4O4S2. The van der Waals surface area contributed by atoms with Gasteiger partial charge in [-0.15, -0.1) is 11.3 Å². The predicted octanol–water partition coefficient (Wildman–Crippen LogP) is 3.44. The molecule has 1 unspecified atom stereocenters. The largest absolute Gasteiger partial charge is 0.377 e. The molecule has 1 atom stereocenters. The highest BCUT2D eigenvalue weighted by Crippen LogP contribution is 2.37. The monoisotopic (exact) mass is 502 g/mol. The summed E-state index contributed by atoms with van der Waals surface area (Å²) in [5.41, 5.74) is 1.89. The summed E-state index contributed by atoms with van der Waals surface area (Å²) in [5, 5.41) is 13.1. The van der Waals surface area contributed by atoms with Crippen LogP contribution in [0, 0.1) is 11.3 Å². The Morgan fingerprint density at radius 3 is 2.71 bits per heavy atom. The number of carbonyl (C=O) groups is 1. The number of nitriles is 1. The van der Waals surface area contributed by atoms with Crippen molar-refractivity contribution in [1.29, 1.82) is 5.26 Å². The van der Waals surface area contributed by atoms with Gasteiger partial charge >= 0.3 is 0 Å². The number of amides is 1. The third-order valence-corrected chi connectivity index (χ3v) is 9.43. The summed E-state index contributed by atoms with van der Waals surface area (Å²) >= 11 is 1.45. The molecule has 10 heteroatoms. The summed E-state index contributed by atoms with van der Waals surface area (Å²) in [7, 11) is -2.14. The van der Waals surface area contributed by atoms with Crippen molar-refractivity contribution < 1.29 is 17.9 Å². The van der Waals surface area contributed by atoms with E-state index in [1.54, 1.807) is 7.05 Å². The van der Waals surface area contributed by atoms with E-state index in [-0.39, 0.29) is 16.9 Å². The molecule has 1 saturated heterocycles. The lowest BCUT2D eigenvalue weighted by Gasteiger charge is -2.30. The van der Waals surface area contributed by atoms with E-state index in [0.29, 0.717) is 35.3 Å². The van der Waals surface area contributed by atoms with E-state index in [1.807, 2.05) is 0 Å². The Labute approximate surface area is 205 Å². The number of rotatable bonds is 7. The highest BCUT2D eigenvalue weighted by atomic mass is 32.2. The average molecular weight is 503 g/mol. The molecule has 0 saturated carbocycles. The fourth-order valence-corrected chi connectivity index (χ4v) is 6.80. The molecule has 34 heavy (non-hydrogen) atoms. The number of benzene rings is 1. The van der Waals surface area contributed by atoms with Gasteiger partial charge in [0.15, 0.2) is 0 Å². The molecule has 1 aromatic carbocycles. The highest BCUT2D eigenvalue weighted by molar-refractivity contribution is 7.89. The minimum Gasteiger partial charge on any atom is -0.377 e. The lowest BCUT2D eigenvalue weighted by Crippen LogP contribution is -2.35. The average Bonchev–Trinajstić information content (AvgIpc) is 3.45. The summed E-state index contributed by atoms with van der Waals surface area (Å²) < 4.78 is 32.6. The van der Waals surface area contributed by atoms with Crippen molar-refractivity contribution in [3.05, 3.63) is 45.8 Å². The van der Waals surface area contributed by atoms with Crippen molar-refractivity contribution in [3.63, 3.8) is 0 Å². The lowest BCUT2D eigenvalue weighted by atomic mass is 10.0. The first-order valence-corrected chi connectivity index (χ1v) is 13.7. The molecule has 0 radical (unpaired) electrons. The van der Waals surface area contributed by atoms with Crippen molar-refractivity contribution in [1.82, 2.24) is 9.21 Å². The van der Waals surface area contributed by atoms with Crippen LogP contribution in [0.4, 0.5) is 5.00 Å². The summed E-state index contributed by atoms with van der Waals surface area (Å²) in [4.78, 5) is 16.5. The van der Waals surface area contributed by atoms with Crippen LogP contribution in [0.25, 0.3) is 0 Å². The van der Waals surface area contributed by atoms with Gasteiger partial charge in [-0.3, -0.25) is 9.69 Å². The smallest absolute Gasteiger partial charge is 0.256 e. The molecule has 0 bridgehead atoms. The Balaban J connectivity index is 1.47. The van der Waals surface area contributed by atoms with E-state index in [9.17, 15) is 18.5 Å². The quantitative estimate of drug-likeness (QED) is 0.622. The van der Waals surface area contributed by atoms with Gasteiger partial charge in [0, 0.05) is 49.8 Å². The van der Waals surface area contributed by atoms with Gasteiger partial charge in [0.1, 0.15) is 11.1 Å². The van der Waals surface area contributed by atoms with Gasteiger partial charge in [0.25, 0.3) is 5.91 Å². The molecule has 3 heterocycles. The first-order valence-electron chi connectivity index (χ1n) is 11.5. The number of nitrogens with zero attached hydrogens (tertiary/aromatic N) is 3. The van der Waals surface area contributed by atoms with Crippen LogP contribution >= 0.6 is 11.3 Å². The normalized spacial score (nSPS) is 18.8. The third kappa shape index (κ3) is 5.04. The first kappa shape index (κ1) is 24.8. The molecule has 0 spiro atoms. The molecule has 182 valence electrons. The van der Waals surface area contributed by atoms with E-state index >= 15 is 0 Å². The maximum atomic E-state index is 12.9. The first-order chi connectivity index (χ1) is 16.2. The zero-order chi connectivity index (χ0) is 24.5. The molecule has 1 amide bonds. The van der Waals surface area contributed by atoms with Crippen LogP contribution in [0.15, 0.2) is 29.2 Å². The van der Waals surface area contributed by atoms with E-state index < -0.39 is 10.0 Å². The Kier molecular flexibility index (Phi) is 7.40. The van der Waals surface area contributed by atoms with E-state index in [1.165, 1.54) is 39.9 Å². The summed E-state index contributed by atoms with van der Waals surface area (Å²) in [6, 6.07) is 8.57. The number of nitrogens with one attached hydrogen (secondary N) is 1. The van der Waals surface area contributed by atoms with Gasteiger partial charge in [0.05, 0.1) is 16.6 Å². The number of anilines is 1. The number of carbonyl (C=O) groups excluding carboxylic acids is 1. The Morgan fingerprint density at radius 2 is 2.09 bits per heavy atom. The van der Waals surface area contributed by atoms with Crippen LogP contribution in [0.3, 0.4) is 0 Å². The number of likely N-dealkylation sites (N-methyl/N-ethyl adjacent to an activating group) is 1. The summed E-state index contributed by atoms with van der Waals surface area (Å²) in [5.74, 6) is -0.368. The molecule has 1 N–H and O–H groups in total. The van der Waals surface area contributed by atoms with Gasteiger partial charge in [-0.05, 0) is 62.9 Å². The molecular weight excluding hydrogens is 472 g/mol. The molecule has 4 rings (SSSR count). The van der Waals surface area contributed by atoms with Gasteiger partial charge in [-0.1, -0.05) is 0 Å². The second kappa shape index (κ2) is 10.1. The van der Waals surface area contributed by atoms with Crippen molar-refractivity contribution in [2.24, 2.45) is 0 Å². The number of sulfonamides is 1. The molecule has 2 aliphatic rings. The fourth-order valence-electron chi connectivity index (χ4n) is 4.38. The number of ether oxygens (including phenoxy) is 1. The minimum absolute atomic E-state index is 0.0802. The summed E-state index contributed by atoms with van der Waals surface area (Å²) in [6.07, 6.45) is 2.50. The maximum Gasteiger partial charge on any atom is 0.256 e. The zero-order valence-corrected chi connectivity index (χ0v) is 21.3. The molecule has 0 aliphatic carbocycles. The Hall–Kier alpha value is -2.29. The van der Waals surface area contributed by atoms with Gasteiger partial charge in [-0.25, -0.2) is 8.42 Å². The van der Waals surface area contributed by atoms with Crippen LogP contribution in [0.2, 0.25) is 0 Å². The molecule has 2 aromatic rings. The Bertz CT molecular complexity index is 1190. The van der Waals surface area contributed by atoms with E-state index in [4.69, 9.17) is 4.74 Å². The number of hydrogen-bond acceptors (Lipinski definition) is 7. The van der Waals surface area contributed by atoms with Crippen LogP contribution in [0.5, 0.6) is 0 Å². The topological polar surface area (TPSA) is 103 Å². The molecule has 1 aromatic heterocycles. The van der Waals surface area contributed by atoms with Crippen LogP contribution in [-0.4, -0.2) is 62.4 Å². The molecule has 2 aliphatic heterocycles. The van der Waals surface area contributed by atoms with Crippen molar-refractivity contribution in [2.45, 2.75) is 56.7 Å². The number of hydrogen-bond donors (Lipinski definition) is 1. The SMILES string of the molecule is CC(C)N1CCc2c(sc(NC(=O)c3ccc(S(=O)(=O)N(C)CC4CCCO4)cc3)c2C#N)C1. The predicted molar refractivity (Wildman–Crippen MR) is 131 cm³/mol. The lowest BCUT2D eigenvalue weighted by molar-refractivity contribution is 0.0979. The van der Waals surface area contributed by atoms with Gasteiger partial charge in [0.2, 0.25) is 10.0 Å². The Morgan fingerprint density at radius 1 is 1.35 bits per heavy atom. The standard InChI is InChI=1S/C24H30N4O4S2/c1-16(2)28-11-10-20-21(13-25)24(33-22(20)15-28)26-23(29)17-6-8-19(9-7-17)34(30,31)27(3)14-18-5-4-12-32-18/h6-9,16,18H,4-5,10-12,14-15H2,1-3H3,(H,26,29). The maximum absolute atomic E-state index is 12.9. The third-order valence-electron chi connectivity index (χ3n) is 6.46. The highest BCUT2D eigenvalue weighted by Gasteiger charge is 2.28. The van der Waals surface area contributed by atoms with Crippen molar-refractivity contribution >= 4 is 32.3 Å². The van der Waals surface area contributed by atoms with Crippen LogP contribution < -0.4 is 5.32 Å². The summed E-state index contributed by atoms with van der Waals surface area (Å²) in [6.45, 7) is 6.93. The van der Waals surface area contributed by atoms with E-state index in [2.05, 4.69) is 30.1 Å². The number of fused-ring (bicyclic) bond motifs is 1. The van der Waals surface area contributed by atoms with Crippen molar-refractivity contribution in [2.75, 3.05) is 32.1 Å². The molecule has 1 fully saturated rings. The van der Waals surface area contributed by atoms with Crippen molar-refractivity contribution in [3.8, 4) is 6.07 Å². The second-order valence-electron chi connectivity index (χ2n) is 9.03. The number of thiophene rings is 1. The van der Waals surface area contributed by atoms with Crippen LogP contribution in [-0.2, 0) is 27.7 Å².